The summed E-state index contributed by atoms with van der Waals surface area (Å²) in [4.78, 5) is 23.6. The molecule has 0 atom stereocenters. The molecule has 1 fully saturated rings. The topological polar surface area (TPSA) is 43.4 Å². The lowest BCUT2D eigenvalue weighted by Crippen LogP contribution is -2.15. The SMILES string of the molecule is COC(=O)C(=O)c1ccc(SC2CC2)cc1. The van der Waals surface area contributed by atoms with Gasteiger partial charge in [0.2, 0.25) is 0 Å². The number of hydrogen-bond donors (Lipinski definition) is 0. The fourth-order valence-electron chi connectivity index (χ4n) is 1.27. The number of thioether (sulfide) groups is 1. The highest BCUT2D eigenvalue weighted by atomic mass is 32.2. The van der Waals surface area contributed by atoms with Gasteiger partial charge in [0.15, 0.2) is 0 Å². The minimum atomic E-state index is -0.817. The molecule has 1 aromatic carbocycles. The molecule has 0 amide bonds. The van der Waals surface area contributed by atoms with Gasteiger partial charge in [-0.1, -0.05) is 0 Å². The largest absolute Gasteiger partial charge is 0.463 e. The second kappa shape index (κ2) is 4.70. The number of hydrogen-bond acceptors (Lipinski definition) is 4. The van der Waals surface area contributed by atoms with Crippen LogP contribution in [-0.4, -0.2) is 24.1 Å². The number of ether oxygens (including phenoxy) is 1. The molecule has 1 aromatic rings. The first kappa shape index (κ1) is 11.2. The van der Waals surface area contributed by atoms with E-state index in [1.54, 1.807) is 12.1 Å². The number of carbonyl (C=O) groups is 2. The van der Waals surface area contributed by atoms with E-state index < -0.39 is 11.8 Å². The average molecular weight is 236 g/mol. The molecule has 84 valence electrons. The zero-order chi connectivity index (χ0) is 11.5. The number of carbonyl (C=O) groups excluding carboxylic acids is 2. The van der Waals surface area contributed by atoms with Gasteiger partial charge in [-0.25, -0.2) is 4.79 Å². The molecule has 0 bridgehead atoms. The van der Waals surface area contributed by atoms with E-state index in [4.69, 9.17) is 0 Å². The van der Waals surface area contributed by atoms with Crippen molar-refractivity contribution in [3.8, 4) is 0 Å². The monoisotopic (exact) mass is 236 g/mol. The zero-order valence-electron chi connectivity index (χ0n) is 8.93. The van der Waals surface area contributed by atoms with Crippen molar-refractivity contribution in [3.05, 3.63) is 29.8 Å². The predicted molar refractivity (Wildman–Crippen MR) is 61.7 cm³/mol. The van der Waals surface area contributed by atoms with Gasteiger partial charge in [-0.2, -0.15) is 0 Å². The first-order valence-corrected chi connectivity index (χ1v) is 5.98. The molecular weight excluding hydrogens is 224 g/mol. The van der Waals surface area contributed by atoms with Crippen LogP contribution in [0.4, 0.5) is 0 Å². The lowest BCUT2D eigenvalue weighted by molar-refractivity contribution is -0.135. The first-order chi connectivity index (χ1) is 7.70. The summed E-state index contributed by atoms with van der Waals surface area (Å²) in [6.07, 6.45) is 2.54. The molecule has 0 aromatic heterocycles. The summed E-state index contributed by atoms with van der Waals surface area (Å²) in [5, 5.41) is 0.738. The van der Waals surface area contributed by atoms with Crippen molar-refractivity contribution in [3.63, 3.8) is 0 Å². The third-order valence-corrected chi connectivity index (χ3v) is 3.66. The summed E-state index contributed by atoms with van der Waals surface area (Å²) in [5.41, 5.74) is 0.381. The molecule has 1 aliphatic carbocycles. The van der Waals surface area contributed by atoms with Gasteiger partial charge in [-0.05, 0) is 37.1 Å². The summed E-state index contributed by atoms with van der Waals surface area (Å²) in [5.74, 6) is -1.41. The van der Waals surface area contributed by atoms with Gasteiger partial charge in [0.05, 0.1) is 7.11 Å². The molecule has 1 aliphatic rings. The maximum absolute atomic E-state index is 11.4. The van der Waals surface area contributed by atoms with E-state index in [0.717, 1.165) is 10.1 Å². The van der Waals surface area contributed by atoms with Crippen molar-refractivity contribution < 1.29 is 14.3 Å². The quantitative estimate of drug-likeness (QED) is 0.457. The van der Waals surface area contributed by atoms with E-state index in [-0.39, 0.29) is 0 Å². The van der Waals surface area contributed by atoms with Crippen LogP contribution < -0.4 is 0 Å². The molecule has 0 spiro atoms. The summed E-state index contributed by atoms with van der Waals surface area (Å²) in [7, 11) is 1.21. The zero-order valence-corrected chi connectivity index (χ0v) is 9.75. The summed E-state index contributed by atoms with van der Waals surface area (Å²) < 4.78 is 4.38. The van der Waals surface area contributed by atoms with Crippen LogP contribution in [0.2, 0.25) is 0 Å². The Morgan fingerprint density at radius 2 is 1.88 bits per heavy atom. The van der Waals surface area contributed by atoms with Crippen LogP contribution in [0.1, 0.15) is 23.2 Å². The predicted octanol–water partition coefficient (Wildman–Crippen LogP) is 2.30. The normalized spacial score (nSPS) is 14.6. The number of rotatable bonds is 4. The Morgan fingerprint density at radius 3 is 2.38 bits per heavy atom. The molecule has 16 heavy (non-hydrogen) atoms. The number of benzene rings is 1. The van der Waals surface area contributed by atoms with Crippen LogP contribution in [0.5, 0.6) is 0 Å². The van der Waals surface area contributed by atoms with Gasteiger partial charge in [-0.3, -0.25) is 4.79 Å². The van der Waals surface area contributed by atoms with Crippen molar-refractivity contribution >= 4 is 23.5 Å². The molecule has 0 radical (unpaired) electrons. The fraction of sp³-hybridized carbons (Fsp3) is 0.333. The van der Waals surface area contributed by atoms with Gasteiger partial charge in [-0.15, -0.1) is 11.8 Å². The van der Waals surface area contributed by atoms with Crippen molar-refractivity contribution in [2.45, 2.75) is 23.0 Å². The molecule has 0 unspecified atom stereocenters. The van der Waals surface area contributed by atoms with E-state index in [9.17, 15) is 9.59 Å². The molecule has 0 saturated heterocycles. The smallest absolute Gasteiger partial charge is 0.379 e. The minimum Gasteiger partial charge on any atom is -0.463 e. The van der Waals surface area contributed by atoms with Gasteiger partial charge in [0.25, 0.3) is 5.78 Å². The Labute approximate surface area is 98.2 Å². The molecule has 1 saturated carbocycles. The van der Waals surface area contributed by atoms with Gasteiger partial charge < -0.3 is 4.74 Å². The van der Waals surface area contributed by atoms with Gasteiger partial charge in [0.1, 0.15) is 0 Å². The summed E-state index contributed by atoms with van der Waals surface area (Å²) >= 11 is 1.82. The number of Topliss-reactive ketones (excluding diaryl/α,β-unsaturated/α-hetero) is 1. The molecule has 0 N–H and O–H groups in total. The highest BCUT2D eigenvalue weighted by Crippen LogP contribution is 2.38. The molecule has 2 rings (SSSR count). The Morgan fingerprint density at radius 1 is 1.25 bits per heavy atom. The Kier molecular flexibility index (Phi) is 3.29. The molecule has 4 heteroatoms. The van der Waals surface area contributed by atoms with E-state index in [1.807, 2.05) is 23.9 Å². The standard InChI is InChI=1S/C12H12O3S/c1-15-12(14)11(13)8-2-4-9(5-3-8)16-10-6-7-10/h2-5,10H,6-7H2,1H3. The molecule has 0 heterocycles. The van der Waals surface area contributed by atoms with E-state index >= 15 is 0 Å². The Balaban J connectivity index is 2.05. The van der Waals surface area contributed by atoms with Crippen LogP contribution >= 0.6 is 11.8 Å². The average Bonchev–Trinajstić information content (AvgIpc) is 3.12. The second-order valence-corrected chi connectivity index (χ2v) is 5.04. The molecular formula is C12H12O3S. The van der Waals surface area contributed by atoms with Crippen molar-refractivity contribution in [2.24, 2.45) is 0 Å². The highest BCUT2D eigenvalue weighted by molar-refractivity contribution is 8.00. The van der Waals surface area contributed by atoms with E-state index in [0.29, 0.717) is 5.56 Å². The number of esters is 1. The van der Waals surface area contributed by atoms with Crippen LogP contribution in [0, 0.1) is 0 Å². The van der Waals surface area contributed by atoms with Crippen molar-refractivity contribution in [2.75, 3.05) is 7.11 Å². The fourth-order valence-corrected chi connectivity index (χ4v) is 2.32. The maximum Gasteiger partial charge on any atom is 0.379 e. The Bertz CT molecular complexity index is 407. The van der Waals surface area contributed by atoms with E-state index in [1.165, 1.54) is 20.0 Å². The number of ketones is 1. The van der Waals surface area contributed by atoms with Crippen molar-refractivity contribution in [1.82, 2.24) is 0 Å². The van der Waals surface area contributed by atoms with Crippen molar-refractivity contribution in [1.29, 1.82) is 0 Å². The Hall–Kier alpha value is -1.29. The minimum absolute atomic E-state index is 0.381. The van der Waals surface area contributed by atoms with E-state index in [2.05, 4.69) is 4.74 Å². The van der Waals surface area contributed by atoms with Crippen LogP contribution in [0.25, 0.3) is 0 Å². The number of methoxy groups -OCH3 is 1. The first-order valence-electron chi connectivity index (χ1n) is 5.10. The van der Waals surface area contributed by atoms with Gasteiger partial charge in [0, 0.05) is 15.7 Å². The van der Waals surface area contributed by atoms with Crippen LogP contribution in [0.3, 0.4) is 0 Å². The lowest BCUT2D eigenvalue weighted by atomic mass is 10.1. The van der Waals surface area contributed by atoms with Crippen LogP contribution in [0.15, 0.2) is 29.2 Å². The third-order valence-electron chi connectivity index (χ3n) is 2.31. The molecule has 3 nitrogen and oxygen atoms in total. The second-order valence-electron chi connectivity index (χ2n) is 3.66. The third kappa shape index (κ3) is 2.64. The van der Waals surface area contributed by atoms with Gasteiger partial charge >= 0.3 is 5.97 Å². The summed E-state index contributed by atoms with van der Waals surface area (Å²) in [6, 6.07) is 7.09. The highest BCUT2D eigenvalue weighted by Gasteiger charge is 2.22. The maximum atomic E-state index is 11.4. The molecule has 0 aliphatic heterocycles. The lowest BCUT2D eigenvalue weighted by Gasteiger charge is -2.01. The summed E-state index contributed by atoms with van der Waals surface area (Å²) in [6.45, 7) is 0. The van der Waals surface area contributed by atoms with Crippen LogP contribution in [-0.2, 0) is 9.53 Å².